The summed E-state index contributed by atoms with van der Waals surface area (Å²) in [4.78, 5) is 40.4. The van der Waals surface area contributed by atoms with Crippen LogP contribution in [0.1, 0.15) is 60.5 Å². The number of cyclic esters (lactones) is 1. The Kier molecular flexibility index (Phi) is 14.4. The van der Waals surface area contributed by atoms with Crippen LogP contribution in [0.3, 0.4) is 0 Å². The van der Waals surface area contributed by atoms with Crippen LogP contribution in [-0.2, 0) is 38.6 Å². The van der Waals surface area contributed by atoms with Crippen LogP contribution >= 0.6 is 0 Å². The number of hydrogen-bond donors (Lipinski definition) is 3. The first-order valence-corrected chi connectivity index (χ1v) is 17.8. The number of esters is 1. The van der Waals surface area contributed by atoms with Gasteiger partial charge >= 0.3 is 5.97 Å². The Hall–Kier alpha value is -5.21. The summed E-state index contributed by atoms with van der Waals surface area (Å²) in [5.74, 6) is -1.12. The molecule has 4 aromatic carbocycles. The Labute approximate surface area is 300 Å². The molecule has 8 nitrogen and oxygen atoms in total. The van der Waals surface area contributed by atoms with Gasteiger partial charge in [-0.3, -0.25) is 14.4 Å². The zero-order chi connectivity index (χ0) is 35.7. The summed E-state index contributed by atoms with van der Waals surface area (Å²) < 4.78 is 12.0. The topological polar surface area (TPSA) is 114 Å². The number of hydrogen-bond acceptors (Lipinski definition) is 6. The minimum atomic E-state index is -0.678. The van der Waals surface area contributed by atoms with E-state index in [0.717, 1.165) is 40.8 Å². The van der Waals surface area contributed by atoms with E-state index >= 15 is 0 Å². The smallest absolute Gasteiger partial charge is 0.309 e. The molecule has 3 N–H and O–H groups in total. The number of aliphatic hydroxyl groups is 1. The summed E-state index contributed by atoms with van der Waals surface area (Å²) in [7, 11) is 0. The van der Waals surface area contributed by atoms with Gasteiger partial charge in [-0.25, -0.2) is 0 Å². The molecular weight excluding hydrogens is 640 g/mol. The minimum absolute atomic E-state index is 0.0477. The van der Waals surface area contributed by atoms with Crippen LogP contribution in [0.25, 0.3) is 0 Å². The second kappa shape index (κ2) is 19.8. The first-order valence-electron chi connectivity index (χ1n) is 17.8. The molecule has 2 amide bonds. The molecule has 1 aliphatic heterocycles. The van der Waals surface area contributed by atoms with Gasteiger partial charge in [0.2, 0.25) is 11.8 Å². The summed E-state index contributed by atoms with van der Waals surface area (Å²) in [6, 6.07) is 36.4. The number of nitrogens with one attached hydrogen (secondary N) is 2. The second-order valence-corrected chi connectivity index (χ2v) is 13.1. The molecule has 0 radical (unpaired) electrons. The number of allylic oxidation sites excluding steroid dienone is 2. The summed E-state index contributed by atoms with van der Waals surface area (Å²) in [5.41, 5.74) is 3.88. The fourth-order valence-electron chi connectivity index (χ4n) is 6.23. The lowest BCUT2D eigenvalue weighted by molar-refractivity contribution is -0.155. The zero-order valence-corrected chi connectivity index (χ0v) is 29.0. The van der Waals surface area contributed by atoms with E-state index in [1.807, 2.05) is 127 Å². The predicted octanol–water partition coefficient (Wildman–Crippen LogP) is 6.68. The van der Waals surface area contributed by atoms with Gasteiger partial charge in [0, 0.05) is 6.42 Å². The lowest BCUT2D eigenvalue weighted by Gasteiger charge is -2.24. The predicted molar refractivity (Wildman–Crippen MR) is 198 cm³/mol. The van der Waals surface area contributed by atoms with Gasteiger partial charge in [0.05, 0.1) is 31.0 Å². The standard InChI is InChI=1S/C43H48N2O6/c46-30-38(27-33-22-24-39(25-23-33)50-31-34-16-8-4-9-17-34)45-41(47)28-36-20-10-1-2-11-21-37(26-32-14-6-3-7-15-32)43(49)51-40(29-44-42(36)48)35-18-12-5-13-19-35/h1,3-10,12-19,22-25,36-38,40,46H,2,11,20-21,26-31H2,(H,44,48)(H,45,47)/t36-,37-,38+,40-/m1/s1. The summed E-state index contributed by atoms with van der Waals surface area (Å²) in [6.45, 7) is 0.301. The van der Waals surface area contributed by atoms with E-state index in [-0.39, 0.29) is 43.3 Å². The van der Waals surface area contributed by atoms with Crippen molar-refractivity contribution in [2.24, 2.45) is 11.8 Å². The number of ether oxygens (including phenoxy) is 2. The number of rotatable bonds is 12. The largest absolute Gasteiger partial charge is 0.489 e. The van der Waals surface area contributed by atoms with Crippen LogP contribution in [0.2, 0.25) is 0 Å². The highest BCUT2D eigenvalue weighted by Crippen LogP contribution is 2.24. The van der Waals surface area contributed by atoms with Crippen LogP contribution in [0.4, 0.5) is 0 Å². The fraction of sp³-hybridized carbons (Fsp3) is 0.326. The van der Waals surface area contributed by atoms with Gasteiger partial charge in [0.1, 0.15) is 18.5 Å². The summed E-state index contributed by atoms with van der Waals surface area (Å²) in [5, 5.41) is 16.0. The van der Waals surface area contributed by atoms with E-state index in [1.54, 1.807) is 0 Å². The lowest BCUT2D eigenvalue weighted by Crippen LogP contribution is -2.42. The average molecular weight is 689 g/mol. The normalized spacial score (nSPS) is 19.2. The van der Waals surface area contributed by atoms with Gasteiger partial charge in [-0.15, -0.1) is 0 Å². The Balaban J connectivity index is 1.20. The fourth-order valence-corrected chi connectivity index (χ4v) is 6.23. The highest BCUT2D eigenvalue weighted by Gasteiger charge is 2.28. The van der Waals surface area contributed by atoms with Gasteiger partial charge in [0.25, 0.3) is 0 Å². The van der Waals surface area contributed by atoms with E-state index < -0.39 is 18.1 Å². The first-order chi connectivity index (χ1) is 25.0. The van der Waals surface area contributed by atoms with Crippen molar-refractivity contribution >= 4 is 17.8 Å². The maximum absolute atomic E-state index is 13.6. The van der Waals surface area contributed by atoms with Crippen LogP contribution in [-0.4, -0.2) is 42.1 Å². The molecule has 0 saturated heterocycles. The van der Waals surface area contributed by atoms with Gasteiger partial charge in [-0.05, 0) is 72.9 Å². The maximum Gasteiger partial charge on any atom is 0.309 e. The van der Waals surface area contributed by atoms with Gasteiger partial charge in [-0.1, -0.05) is 115 Å². The zero-order valence-electron chi connectivity index (χ0n) is 29.0. The third-order valence-electron chi connectivity index (χ3n) is 9.10. The molecule has 0 bridgehead atoms. The Morgan fingerprint density at radius 1 is 0.824 bits per heavy atom. The minimum Gasteiger partial charge on any atom is -0.489 e. The number of aliphatic hydroxyl groups excluding tert-OH is 1. The van der Waals surface area contributed by atoms with E-state index in [2.05, 4.69) is 10.6 Å². The SMILES string of the molecule is O=C(C[C@H]1CC=CCCC[C@H](Cc2ccccc2)C(=O)O[C@@H](c2ccccc2)CNC1=O)N[C@H](CO)Cc1ccc(OCc2ccccc2)cc1. The molecule has 8 heteroatoms. The molecule has 0 saturated carbocycles. The number of amides is 2. The van der Waals surface area contributed by atoms with Gasteiger partial charge in [0.15, 0.2) is 0 Å². The Bertz CT molecular complexity index is 1680. The van der Waals surface area contributed by atoms with Gasteiger partial charge < -0.3 is 25.2 Å². The van der Waals surface area contributed by atoms with Crippen molar-refractivity contribution < 1.29 is 29.0 Å². The molecule has 51 heavy (non-hydrogen) atoms. The van der Waals surface area contributed by atoms with E-state index in [9.17, 15) is 19.5 Å². The third kappa shape index (κ3) is 12.3. The highest BCUT2D eigenvalue weighted by molar-refractivity contribution is 5.86. The van der Waals surface area contributed by atoms with Crippen molar-refractivity contribution in [3.8, 4) is 5.75 Å². The number of carbonyl (C=O) groups is 3. The highest BCUT2D eigenvalue weighted by atomic mass is 16.5. The molecule has 0 fully saturated rings. The van der Waals surface area contributed by atoms with Crippen molar-refractivity contribution in [3.63, 3.8) is 0 Å². The first kappa shape index (κ1) is 37.1. The lowest BCUT2D eigenvalue weighted by atomic mass is 9.93. The molecule has 1 heterocycles. The van der Waals surface area contributed by atoms with Crippen LogP contribution < -0.4 is 15.4 Å². The molecule has 0 unspecified atom stereocenters. The molecule has 0 aliphatic carbocycles. The average Bonchev–Trinajstić information content (AvgIpc) is 3.16. The molecule has 4 aromatic rings. The van der Waals surface area contributed by atoms with E-state index in [4.69, 9.17) is 9.47 Å². The van der Waals surface area contributed by atoms with Crippen LogP contribution in [0, 0.1) is 11.8 Å². The third-order valence-corrected chi connectivity index (χ3v) is 9.10. The molecular formula is C43H48N2O6. The maximum atomic E-state index is 13.6. The van der Waals surface area contributed by atoms with Crippen LogP contribution in [0.5, 0.6) is 5.75 Å². The molecule has 0 aromatic heterocycles. The summed E-state index contributed by atoms with van der Waals surface area (Å²) in [6.07, 6.45) is 6.83. The Morgan fingerprint density at radius 2 is 1.49 bits per heavy atom. The van der Waals surface area contributed by atoms with E-state index in [1.165, 1.54) is 0 Å². The molecule has 5 rings (SSSR count). The molecule has 0 spiro atoms. The summed E-state index contributed by atoms with van der Waals surface area (Å²) >= 11 is 0. The van der Waals surface area contributed by atoms with Crippen molar-refractivity contribution in [1.29, 1.82) is 0 Å². The monoisotopic (exact) mass is 688 g/mol. The van der Waals surface area contributed by atoms with Crippen molar-refractivity contribution in [3.05, 3.63) is 150 Å². The quantitative estimate of drug-likeness (QED) is 0.113. The molecule has 4 atom stereocenters. The van der Waals surface area contributed by atoms with Crippen LogP contribution in [0.15, 0.2) is 127 Å². The van der Waals surface area contributed by atoms with Gasteiger partial charge in [-0.2, -0.15) is 0 Å². The van der Waals surface area contributed by atoms with Crippen molar-refractivity contribution in [2.45, 2.75) is 63.7 Å². The molecule has 1 aliphatic rings. The van der Waals surface area contributed by atoms with E-state index in [0.29, 0.717) is 32.3 Å². The molecule has 266 valence electrons. The second-order valence-electron chi connectivity index (χ2n) is 13.1. The Morgan fingerprint density at radius 3 is 2.18 bits per heavy atom. The van der Waals surface area contributed by atoms with Crippen molar-refractivity contribution in [2.75, 3.05) is 13.2 Å². The number of benzene rings is 4. The van der Waals surface area contributed by atoms with Crippen molar-refractivity contribution in [1.82, 2.24) is 10.6 Å². The number of carbonyl (C=O) groups excluding carboxylic acids is 3.